The maximum absolute atomic E-state index is 12.0. The summed E-state index contributed by atoms with van der Waals surface area (Å²) >= 11 is 11.8. The maximum atomic E-state index is 12.0. The number of primary amides is 1. The number of ether oxygens (including phenoxy) is 2. The van der Waals surface area contributed by atoms with Gasteiger partial charge < -0.3 is 19.6 Å². The van der Waals surface area contributed by atoms with E-state index in [9.17, 15) is 9.59 Å². The number of nitrogens with zero attached hydrogens (tertiary/aromatic N) is 1. The molecule has 3 rings (SSSR count). The van der Waals surface area contributed by atoms with Crippen LogP contribution in [-0.2, 0) is 4.79 Å². The van der Waals surface area contributed by atoms with Gasteiger partial charge >= 0.3 is 0 Å². The van der Waals surface area contributed by atoms with Gasteiger partial charge in [0.1, 0.15) is 22.6 Å². The van der Waals surface area contributed by atoms with Crippen LogP contribution in [0.25, 0.3) is 11.0 Å². The predicted molar refractivity (Wildman–Crippen MR) is 107 cm³/mol. The molecule has 0 atom stereocenters. The number of rotatable bonds is 6. The number of benzene rings is 2. The first-order valence-corrected chi connectivity index (χ1v) is 8.95. The topological polar surface area (TPSA) is 116 Å². The van der Waals surface area contributed by atoms with E-state index in [0.717, 1.165) is 0 Å². The highest BCUT2D eigenvalue weighted by molar-refractivity contribution is 6.35. The Morgan fingerprint density at radius 1 is 1.17 bits per heavy atom. The number of methoxy groups -OCH3 is 1. The molecule has 10 heteroatoms. The molecule has 3 N–H and O–H groups in total. The second kappa shape index (κ2) is 8.85. The third-order valence-corrected chi connectivity index (χ3v) is 4.28. The van der Waals surface area contributed by atoms with Crippen LogP contribution in [0.1, 0.15) is 10.4 Å². The monoisotopic (exact) mass is 435 g/mol. The Morgan fingerprint density at radius 3 is 2.66 bits per heavy atom. The lowest BCUT2D eigenvalue weighted by molar-refractivity contribution is -0.123. The zero-order valence-electron chi connectivity index (χ0n) is 15.1. The summed E-state index contributed by atoms with van der Waals surface area (Å²) in [5.74, 6) is -0.500. The number of hydrogen-bond acceptors (Lipinski definition) is 6. The third-order valence-electron chi connectivity index (χ3n) is 3.75. The molecule has 29 heavy (non-hydrogen) atoms. The van der Waals surface area contributed by atoms with Crippen LogP contribution < -0.4 is 26.2 Å². The van der Waals surface area contributed by atoms with E-state index < -0.39 is 11.8 Å². The van der Waals surface area contributed by atoms with Crippen LogP contribution >= 0.6 is 23.2 Å². The second-order valence-corrected chi connectivity index (χ2v) is 6.59. The molecule has 0 aliphatic rings. The quantitative estimate of drug-likeness (QED) is 0.577. The van der Waals surface area contributed by atoms with E-state index in [1.54, 1.807) is 24.3 Å². The molecule has 3 aromatic rings. The van der Waals surface area contributed by atoms with E-state index in [1.165, 1.54) is 25.3 Å². The highest BCUT2D eigenvalue weighted by Crippen LogP contribution is 2.27. The summed E-state index contributed by atoms with van der Waals surface area (Å²) in [5, 5.41) is 5.13. The first kappa shape index (κ1) is 20.5. The Bertz CT molecular complexity index is 1160. The van der Waals surface area contributed by atoms with Crippen molar-refractivity contribution in [3.05, 3.63) is 63.6 Å². The molecular formula is C19H15Cl2N3O5. The Labute approximate surface area is 174 Å². The van der Waals surface area contributed by atoms with Gasteiger partial charge in [0.2, 0.25) is 5.55 Å². The molecule has 2 aromatic carbocycles. The molecule has 1 heterocycles. The summed E-state index contributed by atoms with van der Waals surface area (Å²) in [7, 11) is 1.52. The van der Waals surface area contributed by atoms with E-state index in [2.05, 4.69) is 10.5 Å². The van der Waals surface area contributed by atoms with Crippen LogP contribution in [0.3, 0.4) is 0 Å². The highest BCUT2D eigenvalue weighted by Gasteiger charge is 2.11. The minimum atomic E-state index is -0.768. The molecule has 150 valence electrons. The lowest BCUT2D eigenvalue weighted by Gasteiger charge is -2.07. The summed E-state index contributed by atoms with van der Waals surface area (Å²) in [6.45, 7) is -0.373. The Balaban J connectivity index is 1.80. The molecular weight excluding hydrogens is 421 g/mol. The molecule has 2 amide bonds. The van der Waals surface area contributed by atoms with Crippen LogP contribution in [-0.4, -0.2) is 25.5 Å². The number of carbonyl (C=O) groups is 2. The number of hydrogen-bond donors (Lipinski definition) is 2. The molecule has 0 aliphatic heterocycles. The van der Waals surface area contributed by atoms with Crippen molar-refractivity contribution in [2.75, 3.05) is 13.7 Å². The number of amides is 2. The van der Waals surface area contributed by atoms with Crippen molar-refractivity contribution in [1.29, 1.82) is 0 Å². The van der Waals surface area contributed by atoms with E-state index >= 15 is 0 Å². The van der Waals surface area contributed by atoms with Crippen molar-refractivity contribution in [2.45, 2.75) is 0 Å². The number of nitrogens with one attached hydrogen (secondary N) is 1. The lowest BCUT2D eigenvalue weighted by Crippen LogP contribution is -2.29. The number of carbonyl (C=O) groups excluding carboxylic acids is 2. The maximum Gasteiger partial charge on any atom is 0.278 e. The largest absolute Gasteiger partial charge is 0.497 e. The average molecular weight is 436 g/mol. The first-order valence-electron chi connectivity index (χ1n) is 8.19. The molecule has 0 bridgehead atoms. The van der Waals surface area contributed by atoms with Crippen molar-refractivity contribution in [3.8, 4) is 11.5 Å². The fraction of sp³-hybridized carbons (Fsp3) is 0.105. The number of nitrogens with two attached hydrogens (primary N) is 1. The molecule has 8 nitrogen and oxygen atoms in total. The second-order valence-electron chi connectivity index (χ2n) is 5.74. The Hall–Kier alpha value is -3.23. The Kier molecular flexibility index (Phi) is 6.26. The van der Waals surface area contributed by atoms with Crippen molar-refractivity contribution < 1.29 is 23.5 Å². The number of fused-ring (bicyclic) bond motifs is 1. The summed E-state index contributed by atoms with van der Waals surface area (Å²) in [4.78, 5) is 23.8. The normalized spacial score (nSPS) is 11.3. The van der Waals surface area contributed by atoms with Gasteiger partial charge in [-0.1, -0.05) is 23.2 Å². The van der Waals surface area contributed by atoms with Crippen LogP contribution in [0, 0.1) is 0 Å². The van der Waals surface area contributed by atoms with Gasteiger partial charge in [-0.05, 0) is 42.5 Å². The van der Waals surface area contributed by atoms with Crippen LogP contribution in [0.2, 0.25) is 10.0 Å². The first-order chi connectivity index (χ1) is 13.9. The van der Waals surface area contributed by atoms with Crippen LogP contribution in [0.15, 0.2) is 52.0 Å². The minimum absolute atomic E-state index is 0.00674. The Morgan fingerprint density at radius 2 is 1.97 bits per heavy atom. The smallest absolute Gasteiger partial charge is 0.278 e. The van der Waals surface area contributed by atoms with Gasteiger partial charge in [0, 0.05) is 10.4 Å². The van der Waals surface area contributed by atoms with Gasteiger partial charge in [0.25, 0.3) is 11.8 Å². The van der Waals surface area contributed by atoms with E-state index in [1.807, 2.05) is 0 Å². The highest BCUT2D eigenvalue weighted by atomic mass is 35.5. The van der Waals surface area contributed by atoms with Crippen molar-refractivity contribution in [1.82, 2.24) is 5.43 Å². The van der Waals surface area contributed by atoms with Gasteiger partial charge in [-0.3, -0.25) is 9.59 Å². The number of halogens is 2. The van der Waals surface area contributed by atoms with Crippen molar-refractivity contribution in [3.63, 3.8) is 0 Å². The molecule has 1 aromatic heterocycles. The van der Waals surface area contributed by atoms with Crippen molar-refractivity contribution in [2.24, 2.45) is 10.8 Å². The molecule has 0 radical (unpaired) electrons. The van der Waals surface area contributed by atoms with E-state index in [4.69, 9.17) is 42.8 Å². The zero-order chi connectivity index (χ0) is 21.0. The lowest BCUT2D eigenvalue weighted by atomic mass is 10.1. The van der Waals surface area contributed by atoms with Gasteiger partial charge in [-0.25, -0.2) is 5.43 Å². The van der Waals surface area contributed by atoms with Crippen LogP contribution in [0.5, 0.6) is 11.5 Å². The fourth-order valence-electron chi connectivity index (χ4n) is 2.38. The van der Waals surface area contributed by atoms with Crippen LogP contribution in [0.4, 0.5) is 0 Å². The molecule has 0 saturated heterocycles. The third kappa shape index (κ3) is 4.98. The molecule has 0 unspecified atom stereocenters. The molecule has 0 spiro atoms. The van der Waals surface area contributed by atoms with E-state index in [0.29, 0.717) is 21.7 Å². The summed E-state index contributed by atoms with van der Waals surface area (Å²) in [5.41, 5.74) is 7.91. The molecule has 0 fully saturated rings. The van der Waals surface area contributed by atoms with Gasteiger partial charge in [0.05, 0.1) is 12.1 Å². The zero-order valence-corrected chi connectivity index (χ0v) is 16.6. The average Bonchev–Trinajstić information content (AvgIpc) is 2.70. The summed E-state index contributed by atoms with van der Waals surface area (Å²) in [6, 6.07) is 11.1. The summed E-state index contributed by atoms with van der Waals surface area (Å²) in [6.07, 6.45) is 0. The molecule has 0 aliphatic carbocycles. The van der Waals surface area contributed by atoms with Gasteiger partial charge in [-0.15, -0.1) is 5.10 Å². The van der Waals surface area contributed by atoms with Gasteiger partial charge in [-0.2, -0.15) is 0 Å². The minimum Gasteiger partial charge on any atom is -0.497 e. The predicted octanol–water partition coefficient (Wildman–Crippen LogP) is 2.86. The van der Waals surface area contributed by atoms with Crippen molar-refractivity contribution >= 4 is 46.0 Å². The van der Waals surface area contributed by atoms with E-state index in [-0.39, 0.29) is 28.5 Å². The standard InChI is InChI=1S/C19H15Cl2N3O5/c1-27-12-3-5-15-10(6-12)7-13(18(22)26)19(29-15)24-23-17(25)9-28-16-4-2-11(20)8-14(16)21/h2-8H,9H2,1H3,(H2,22,26)(H,23,25)/b24-19+. The fourth-order valence-corrected chi connectivity index (χ4v) is 2.84. The van der Waals surface area contributed by atoms with Gasteiger partial charge in [0.15, 0.2) is 6.61 Å². The molecule has 0 saturated carbocycles. The SMILES string of the molecule is COc1ccc2o/c(=N/NC(=O)COc3ccc(Cl)cc3Cl)c(C(N)=O)cc2c1. The summed E-state index contributed by atoms with van der Waals surface area (Å²) < 4.78 is 16.0.